The molecule has 2 N–H and O–H groups in total. The van der Waals surface area contributed by atoms with Gasteiger partial charge in [0, 0.05) is 17.8 Å². The molecule has 0 bridgehead atoms. The highest BCUT2D eigenvalue weighted by atomic mass is 32.1. The van der Waals surface area contributed by atoms with E-state index in [1.807, 2.05) is 0 Å². The number of esters is 1. The number of carbonyl (C=O) groups excluding carboxylic acids is 3. The molecule has 166 valence electrons. The van der Waals surface area contributed by atoms with Crippen molar-refractivity contribution in [1.29, 1.82) is 0 Å². The molecular weight excluding hydrogens is 439 g/mol. The molecule has 0 radical (unpaired) electrons. The van der Waals surface area contributed by atoms with Gasteiger partial charge in [-0.2, -0.15) is 0 Å². The molecule has 0 aliphatic rings. The summed E-state index contributed by atoms with van der Waals surface area (Å²) in [6.45, 7) is -0.623. The van der Waals surface area contributed by atoms with Crippen LogP contribution in [0.4, 0.5) is 15.8 Å². The minimum Gasteiger partial charge on any atom is -0.493 e. The highest BCUT2D eigenvalue weighted by Crippen LogP contribution is 2.34. The van der Waals surface area contributed by atoms with Crippen molar-refractivity contribution in [2.45, 2.75) is 0 Å². The largest absolute Gasteiger partial charge is 0.493 e. The smallest absolute Gasteiger partial charge is 0.340 e. The number of anilines is 2. The Labute approximate surface area is 186 Å². The number of hydrogen-bond donors (Lipinski definition) is 2. The Morgan fingerprint density at radius 1 is 0.969 bits per heavy atom. The molecule has 0 unspecified atom stereocenters. The number of nitrogens with one attached hydrogen (secondary N) is 2. The first kappa shape index (κ1) is 22.8. The fraction of sp³-hybridized carbons (Fsp3) is 0.136. The van der Waals surface area contributed by atoms with Crippen molar-refractivity contribution in [2.24, 2.45) is 0 Å². The number of amides is 2. The Morgan fingerprint density at radius 3 is 2.38 bits per heavy atom. The Morgan fingerprint density at radius 2 is 1.72 bits per heavy atom. The van der Waals surface area contributed by atoms with Crippen LogP contribution in [0.2, 0.25) is 0 Å². The molecule has 3 rings (SSSR count). The third kappa shape index (κ3) is 5.61. The third-order valence-corrected chi connectivity index (χ3v) is 5.05. The summed E-state index contributed by atoms with van der Waals surface area (Å²) in [6, 6.07) is 11.4. The normalized spacial score (nSPS) is 10.2. The Bertz CT molecular complexity index is 1130. The number of ether oxygens (including phenoxy) is 3. The van der Waals surface area contributed by atoms with Gasteiger partial charge in [0.1, 0.15) is 5.82 Å². The van der Waals surface area contributed by atoms with E-state index >= 15 is 0 Å². The number of benzene rings is 2. The Balaban J connectivity index is 1.77. The van der Waals surface area contributed by atoms with Crippen molar-refractivity contribution in [3.63, 3.8) is 0 Å². The molecular formula is C22H19FN2O6S. The van der Waals surface area contributed by atoms with Crippen LogP contribution in [0.15, 0.2) is 53.9 Å². The number of halogens is 1. The maximum absolute atomic E-state index is 13.2. The lowest BCUT2D eigenvalue weighted by Crippen LogP contribution is -2.22. The van der Waals surface area contributed by atoms with Gasteiger partial charge in [-0.05, 0) is 29.6 Å². The molecule has 0 atom stereocenters. The number of methoxy groups -OCH3 is 2. The second-order valence-electron chi connectivity index (χ2n) is 6.32. The molecule has 0 fully saturated rings. The average Bonchev–Trinajstić information content (AvgIpc) is 3.32. The van der Waals surface area contributed by atoms with Crippen LogP contribution in [0, 0.1) is 5.82 Å². The zero-order valence-corrected chi connectivity index (χ0v) is 18.0. The molecule has 10 heteroatoms. The van der Waals surface area contributed by atoms with Gasteiger partial charge in [0.05, 0.1) is 30.3 Å². The van der Waals surface area contributed by atoms with Crippen LogP contribution >= 0.6 is 11.3 Å². The molecule has 1 aromatic heterocycles. The minimum absolute atomic E-state index is 0.0360. The maximum Gasteiger partial charge on any atom is 0.340 e. The summed E-state index contributed by atoms with van der Waals surface area (Å²) in [5.41, 5.74) is 0.309. The number of thiophene rings is 1. The second-order valence-corrected chi connectivity index (χ2v) is 7.27. The van der Waals surface area contributed by atoms with E-state index in [1.54, 1.807) is 17.5 Å². The van der Waals surface area contributed by atoms with Gasteiger partial charge < -0.3 is 24.8 Å². The van der Waals surface area contributed by atoms with Gasteiger partial charge in [-0.15, -0.1) is 11.3 Å². The zero-order chi connectivity index (χ0) is 23.1. The van der Waals surface area contributed by atoms with Crippen LogP contribution in [0.3, 0.4) is 0 Å². The van der Waals surface area contributed by atoms with Crippen LogP contribution in [-0.4, -0.2) is 38.6 Å². The predicted octanol–water partition coefficient (Wildman–Crippen LogP) is 3.95. The van der Waals surface area contributed by atoms with Crippen molar-refractivity contribution in [3.8, 4) is 11.5 Å². The molecule has 0 saturated carbocycles. The van der Waals surface area contributed by atoms with Gasteiger partial charge in [0.15, 0.2) is 18.1 Å². The highest BCUT2D eigenvalue weighted by molar-refractivity contribution is 7.12. The highest BCUT2D eigenvalue weighted by Gasteiger charge is 2.21. The zero-order valence-electron chi connectivity index (χ0n) is 17.1. The molecule has 0 saturated heterocycles. The molecule has 2 aromatic carbocycles. The van der Waals surface area contributed by atoms with Crippen molar-refractivity contribution in [2.75, 3.05) is 31.5 Å². The number of hydrogen-bond acceptors (Lipinski definition) is 7. The number of carbonyl (C=O) groups is 3. The van der Waals surface area contributed by atoms with E-state index in [-0.39, 0.29) is 28.4 Å². The predicted molar refractivity (Wildman–Crippen MR) is 117 cm³/mol. The lowest BCUT2D eigenvalue weighted by atomic mass is 10.1. The van der Waals surface area contributed by atoms with Gasteiger partial charge in [-0.3, -0.25) is 9.59 Å². The summed E-state index contributed by atoms with van der Waals surface area (Å²) in [7, 11) is 2.81. The summed E-state index contributed by atoms with van der Waals surface area (Å²) >= 11 is 1.23. The van der Waals surface area contributed by atoms with E-state index in [0.29, 0.717) is 4.88 Å². The molecule has 3 aromatic rings. The van der Waals surface area contributed by atoms with Crippen molar-refractivity contribution >= 4 is 40.5 Å². The number of rotatable bonds is 8. The quantitative estimate of drug-likeness (QED) is 0.496. The SMILES string of the molecule is COc1cc(NC(=O)c2cccs2)c(C(=O)OCC(=O)Nc2cccc(F)c2)cc1OC. The second kappa shape index (κ2) is 10.4. The van der Waals surface area contributed by atoms with Gasteiger partial charge in [-0.25, -0.2) is 9.18 Å². The van der Waals surface area contributed by atoms with E-state index in [9.17, 15) is 18.8 Å². The first-order chi connectivity index (χ1) is 15.4. The minimum atomic E-state index is -0.873. The lowest BCUT2D eigenvalue weighted by Gasteiger charge is -2.15. The fourth-order valence-electron chi connectivity index (χ4n) is 2.72. The standard InChI is InChI=1S/C22H19FN2O6S/c1-29-17-10-15(16(11-18(17)30-2)25-21(27)19-7-4-8-32-19)22(28)31-12-20(26)24-14-6-3-5-13(23)9-14/h3-11H,12H2,1-2H3,(H,24,26)(H,25,27). The molecule has 0 aliphatic heterocycles. The molecule has 2 amide bonds. The molecule has 1 heterocycles. The van der Waals surface area contributed by atoms with Crippen molar-refractivity contribution in [1.82, 2.24) is 0 Å². The molecule has 0 aliphatic carbocycles. The van der Waals surface area contributed by atoms with E-state index in [4.69, 9.17) is 14.2 Å². The lowest BCUT2D eigenvalue weighted by molar-refractivity contribution is -0.119. The molecule has 8 nitrogen and oxygen atoms in total. The topological polar surface area (TPSA) is 103 Å². The van der Waals surface area contributed by atoms with Crippen LogP contribution in [0.25, 0.3) is 0 Å². The Kier molecular flexibility index (Phi) is 7.40. The fourth-order valence-corrected chi connectivity index (χ4v) is 3.33. The average molecular weight is 458 g/mol. The van der Waals surface area contributed by atoms with E-state index in [2.05, 4.69) is 10.6 Å². The van der Waals surface area contributed by atoms with Gasteiger partial charge >= 0.3 is 5.97 Å². The summed E-state index contributed by atoms with van der Waals surface area (Å²) < 4.78 is 28.8. The summed E-state index contributed by atoms with van der Waals surface area (Å²) in [5, 5.41) is 6.82. The van der Waals surface area contributed by atoms with E-state index < -0.39 is 30.2 Å². The van der Waals surface area contributed by atoms with E-state index in [0.717, 1.165) is 6.07 Å². The van der Waals surface area contributed by atoms with E-state index in [1.165, 1.54) is 55.9 Å². The van der Waals surface area contributed by atoms with Crippen molar-refractivity contribution in [3.05, 3.63) is 70.2 Å². The maximum atomic E-state index is 13.2. The summed E-state index contributed by atoms with van der Waals surface area (Å²) in [5.74, 6) is -1.95. The van der Waals surface area contributed by atoms with Crippen LogP contribution in [0.1, 0.15) is 20.0 Å². The van der Waals surface area contributed by atoms with Gasteiger partial charge in [-0.1, -0.05) is 12.1 Å². The third-order valence-electron chi connectivity index (χ3n) is 4.18. The van der Waals surface area contributed by atoms with Crippen LogP contribution in [0.5, 0.6) is 11.5 Å². The molecule has 32 heavy (non-hydrogen) atoms. The summed E-state index contributed by atoms with van der Waals surface area (Å²) in [6.07, 6.45) is 0. The molecule has 0 spiro atoms. The summed E-state index contributed by atoms with van der Waals surface area (Å²) in [4.78, 5) is 37.7. The first-order valence-electron chi connectivity index (χ1n) is 9.24. The van der Waals surface area contributed by atoms with Gasteiger partial charge in [0.25, 0.3) is 11.8 Å². The monoisotopic (exact) mass is 458 g/mol. The van der Waals surface area contributed by atoms with Crippen molar-refractivity contribution < 1.29 is 33.0 Å². The Hall–Kier alpha value is -3.92. The van der Waals surface area contributed by atoms with Crippen LogP contribution in [-0.2, 0) is 9.53 Å². The van der Waals surface area contributed by atoms with Crippen LogP contribution < -0.4 is 20.1 Å². The first-order valence-corrected chi connectivity index (χ1v) is 10.1. The van der Waals surface area contributed by atoms with Gasteiger partial charge in [0.2, 0.25) is 0 Å².